The summed E-state index contributed by atoms with van der Waals surface area (Å²) >= 11 is 0. The molecule has 0 bridgehead atoms. The molecule has 1 aliphatic rings. The maximum absolute atomic E-state index is 12.2. The first-order valence-electron chi connectivity index (χ1n) is 7.32. The molecule has 21 heavy (non-hydrogen) atoms. The maximum atomic E-state index is 12.2. The molecule has 5 heteroatoms. The summed E-state index contributed by atoms with van der Waals surface area (Å²) in [7, 11) is 0. The number of carboxylic acids is 1. The van der Waals surface area contributed by atoms with E-state index in [1.54, 1.807) is 24.3 Å². The summed E-state index contributed by atoms with van der Waals surface area (Å²) in [6.07, 6.45) is 4.82. The normalized spacial score (nSPS) is 16.4. The molecule has 1 amide bonds. The molecule has 5 nitrogen and oxygen atoms in total. The highest BCUT2D eigenvalue weighted by Crippen LogP contribution is 2.27. The van der Waals surface area contributed by atoms with Crippen molar-refractivity contribution in [2.24, 2.45) is 5.92 Å². The second-order valence-electron chi connectivity index (χ2n) is 5.52. The van der Waals surface area contributed by atoms with Crippen LogP contribution in [0.15, 0.2) is 24.3 Å². The van der Waals surface area contributed by atoms with Crippen LogP contribution in [0.3, 0.4) is 0 Å². The summed E-state index contributed by atoms with van der Waals surface area (Å²) < 4.78 is 5.08. The standard InChI is InChI=1S/C16H21NO4/c1-11(12-5-2-3-6-12)17-16(20)13-7-4-8-14(9-13)21-10-15(18)19/h4,7-9,11-12H,2-3,5-6,10H2,1H3,(H,17,20)(H,18,19). The van der Waals surface area contributed by atoms with Crippen LogP contribution in [0.5, 0.6) is 5.75 Å². The van der Waals surface area contributed by atoms with Gasteiger partial charge in [-0.05, 0) is 43.9 Å². The number of ether oxygens (including phenoxy) is 1. The molecule has 1 aromatic carbocycles. The predicted octanol–water partition coefficient (Wildman–Crippen LogP) is 2.46. The number of hydrogen-bond acceptors (Lipinski definition) is 3. The molecular weight excluding hydrogens is 270 g/mol. The van der Waals surface area contributed by atoms with E-state index in [0.717, 1.165) is 0 Å². The number of hydrogen-bond donors (Lipinski definition) is 2. The fourth-order valence-corrected chi connectivity index (χ4v) is 2.74. The van der Waals surface area contributed by atoms with Crippen LogP contribution in [0.25, 0.3) is 0 Å². The predicted molar refractivity (Wildman–Crippen MR) is 78.5 cm³/mol. The minimum absolute atomic E-state index is 0.143. The lowest BCUT2D eigenvalue weighted by molar-refractivity contribution is -0.139. The van der Waals surface area contributed by atoms with E-state index in [-0.39, 0.29) is 11.9 Å². The Labute approximate surface area is 124 Å². The first-order valence-corrected chi connectivity index (χ1v) is 7.32. The van der Waals surface area contributed by atoms with Gasteiger partial charge in [0.1, 0.15) is 5.75 Å². The fourth-order valence-electron chi connectivity index (χ4n) is 2.74. The highest BCUT2D eigenvalue weighted by atomic mass is 16.5. The van der Waals surface area contributed by atoms with Gasteiger partial charge in [-0.2, -0.15) is 0 Å². The fraction of sp³-hybridized carbons (Fsp3) is 0.500. The van der Waals surface area contributed by atoms with E-state index >= 15 is 0 Å². The van der Waals surface area contributed by atoms with E-state index in [4.69, 9.17) is 9.84 Å². The average molecular weight is 291 g/mol. The van der Waals surface area contributed by atoms with Crippen molar-refractivity contribution in [2.75, 3.05) is 6.61 Å². The molecule has 1 unspecified atom stereocenters. The Kier molecular flexibility index (Phi) is 5.20. The summed E-state index contributed by atoms with van der Waals surface area (Å²) in [5.74, 6) is -0.242. The molecule has 114 valence electrons. The van der Waals surface area contributed by atoms with Gasteiger partial charge in [-0.25, -0.2) is 4.79 Å². The smallest absolute Gasteiger partial charge is 0.341 e. The van der Waals surface area contributed by atoms with E-state index in [1.807, 2.05) is 6.92 Å². The Balaban J connectivity index is 1.95. The topological polar surface area (TPSA) is 75.6 Å². The number of carbonyl (C=O) groups is 2. The van der Waals surface area contributed by atoms with Gasteiger partial charge in [0.25, 0.3) is 5.91 Å². The van der Waals surface area contributed by atoms with E-state index in [9.17, 15) is 9.59 Å². The Morgan fingerprint density at radius 3 is 2.76 bits per heavy atom. The third-order valence-electron chi connectivity index (χ3n) is 3.92. The zero-order valence-electron chi connectivity index (χ0n) is 12.2. The van der Waals surface area contributed by atoms with Crippen LogP contribution >= 0.6 is 0 Å². The Morgan fingerprint density at radius 1 is 1.38 bits per heavy atom. The van der Waals surface area contributed by atoms with Gasteiger partial charge >= 0.3 is 5.97 Å². The van der Waals surface area contributed by atoms with Crippen molar-refractivity contribution in [3.05, 3.63) is 29.8 Å². The molecular formula is C16H21NO4. The Bertz CT molecular complexity index is 509. The number of carboxylic acid groups (broad SMARTS) is 1. The zero-order valence-corrected chi connectivity index (χ0v) is 12.2. The van der Waals surface area contributed by atoms with Crippen molar-refractivity contribution in [2.45, 2.75) is 38.6 Å². The molecule has 1 saturated carbocycles. The van der Waals surface area contributed by atoms with Crippen molar-refractivity contribution in [3.63, 3.8) is 0 Å². The van der Waals surface area contributed by atoms with Crippen molar-refractivity contribution < 1.29 is 19.4 Å². The van der Waals surface area contributed by atoms with E-state index < -0.39 is 12.6 Å². The first kappa shape index (κ1) is 15.4. The molecule has 0 saturated heterocycles. The highest BCUT2D eigenvalue weighted by Gasteiger charge is 2.23. The molecule has 1 aromatic rings. The molecule has 0 radical (unpaired) electrons. The molecule has 0 aromatic heterocycles. The summed E-state index contributed by atoms with van der Waals surface area (Å²) in [4.78, 5) is 22.7. The van der Waals surface area contributed by atoms with Crippen molar-refractivity contribution in [1.29, 1.82) is 0 Å². The third-order valence-corrected chi connectivity index (χ3v) is 3.92. The number of benzene rings is 1. The molecule has 1 atom stereocenters. The molecule has 0 aliphatic heterocycles. The lowest BCUT2D eigenvalue weighted by Crippen LogP contribution is -2.37. The van der Waals surface area contributed by atoms with Crippen LogP contribution in [0.1, 0.15) is 43.0 Å². The molecule has 1 fully saturated rings. The van der Waals surface area contributed by atoms with E-state index in [1.165, 1.54) is 25.7 Å². The van der Waals surface area contributed by atoms with Crippen molar-refractivity contribution in [1.82, 2.24) is 5.32 Å². The van der Waals surface area contributed by atoms with Gasteiger partial charge in [0.05, 0.1) is 0 Å². The molecule has 2 rings (SSSR count). The molecule has 2 N–H and O–H groups in total. The third kappa shape index (κ3) is 4.48. The van der Waals surface area contributed by atoms with Crippen LogP contribution in [-0.2, 0) is 4.79 Å². The minimum Gasteiger partial charge on any atom is -0.482 e. The number of carbonyl (C=O) groups excluding carboxylic acids is 1. The SMILES string of the molecule is CC(NC(=O)c1cccc(OCC(=O)O)c1)C1CCCC1. The maximum Gasteiger partial charge on any atom is 0.341 e. The van der Waals surface area contributed by atoms with Crippen LogP contribution in [0.2, 0.25) is 0 Å². The van der Waals surface area contributed by atoms with Gasteiger partial charge in [0.15, 0.2) is 6.61 Å². The number of aliphatic carboxylic acids is 1. The van der Waals surface area contributed by atoms with Crippen LogP contribution < -0.4 is 10.1 Å². The van der Waals surface area contributed by atoms with E-state index in [2.05, 4.69) is 5.32 Å². The molecule has 0 spiro atoms. The number of nitrogens with one attached hydrogen (secondary N) is 1. The number of amides is 1. The minimum atomic E-state index is -1.04. The van der Waals surface area contributed by atoms with Crippen LogP contribution in [0.4, 0.5) is 0 Å². The lowest BCUT2D eigenvalue weighted by Gasteiger charge is -2.20. The van der Waals surface area contributed by atoms with Gasteiger partial charge in [-0.1, -0.05) is 18.9 Å². The Morgan fingerprint density at radius 2 is 2.10 bits per heavy atom. The average Bonchev–Trinajstić information content (AvgIpc) is 2.99. The molecule has 0 heterocycles. The summed E-state index contributed by atoms with van der Waals surface area (Å²) in [5, 5.41) is 11.6. The summed E-state index contributed by atoms with van der Waals surface area (Å²) in [6.45, 7) is 1.63. The van der Waals surface area contributed by atoms with Gasteiger partial charge in [-0.15, -0.1) is 0 Å². The largest absolute Gasteiger partial charge is 0.482 e. The second kappa shape index (κ2) is 7.11. The van der Waals surface area contributed by atoms with Crippen LogP contribution in [-0.4, -0.2) is 29.6 Å². The first-order chi connectivity index (χ1) is 10.1. The van der Waals surface area contributed by atoms with Crippen molar-refractivity contribution in [3.8, 4) is 5.75 Å². The monoisotopic (exact) mass is 291 g/mol. The summed E-state index contributed by atoms with van der Waals surface area (Å²) in [5.41, 5.74) is 0.489. The van der Waals surface area contributed by atoms with Gasteiger partial charge in [0.2, 0.25) is 0 Å². The summed E-state index contributed by atoms with van der Waals surface area (Å²) in [6, 6.07) is 6.75. The van der Waals surface area contributed by atoms with Crippen molar-refractivity contribution >= 4 is 11.9 Å². The second-order valence-corrected chi connectivity index (χ2v) is 5.52. The van der Waals surface area contributed by atoms with Gasteiger partial charge < -0.3 is 15.2 Å². The lowest BCUT2D eigenvalue weighted by atomic mass is 9.99. The molecule has 1 aliphatic carbocycles. The Hall–Kier alpha value is -2.04. The quantitative estimate of drug-likeness (QED) is 0.844. The van der Waals surface area contributed by atoms with Gasteiger partial charge in [0, 0.05) is 11.6 Å². The highest BCUT2D eigenvalue weighted by molar-refractivity contribution is 5.94. The zero-order chi connectivity index (χ0) is 15.2. The van der Waals surface area contributed by atoms with E-state index in [0.29, 0.717) is 17.2 Å². The van der Waals surface area contributed by atoms with Gasteiger partial charge in [-0.3, -0.25) is 4.79 Å². The van der Waals surface area contributed by atoms with Crippen LogP contribution in [0, 0.1) is 5.92 Å². The number of rotatable bonds is 6.